The number of anilines is 1. The van der Waals surface area contributed by atoms with E-state index in [1.807, 2.05) is 0 Å². The molecule has 7 nitrogen and oxygen atoms in total. The van der Waals surface area contributed by atoms with Crippen LogP contribution in [0.5, 0.6) is 0 Å². The van der Waals surface area contributed by atoms with Gasteiger partial charge in [0, 0.05) is 63.3 Å². The van der Waals surface area contributed by atoms with Gasteiger partial charge >= 0.3 is 0 Å². The molecule has 3 aromatic carbocycles. The summed E-state index contributed by atoms with van der Waals surface area (Å²) in [6.07, 6.45) is 7.36. The molecule has 208 valence electrons. The quantitative estimate of drug-likeness (QED) is 0.315. The van der Waals surface area contributed by atoms with E-state index < -0.39 is 0 Å². The molecule has 1 aromatic heterocycles. The van der Waals surface area contributed by atoms with Crippen molar-refractivity contribution in [1.29, 1.82) is 0 Å². The van der Waals surface area contributed by atoms with Gasteiger partial charge in [-0.1, -0.05) is 42.5 Å². The van der Waals surface area contributed by atoms with E-state index >= 15 is 0 Å². The second-order valence-corrected chi connectivity index (χ2v) is 10.9. The number of hydrogen-bond acceptors (Lipinski definition) is 6. The zero-order chi connectivity index (χ0) is 27.3. The van der Waals surface area contributed by atoms with Crippen molar-refractivity contribution in [3.63, 3.8) is 0 Å². The van der Waals surface area contributed by atoms with Gasteiger partial charge in [0.1, 0.15) is 5.82 Å². The summed E-state index contributed by atoms with van der Waals surface area (Å²) in [4.78, 5) is 20.0. The Morgan fingerprint density at radius 2 is 1.85 bits per heavy atom. The van der Waals surface area contributed by atoms with Crippen molar-refractivity contribution in [2.24, 2.45) is 0 Å². The molecule has 8 heteroatoms. The number of nitrogens with zero attached hydrogens (tertiary/aromatic N) is 3. The Balaban J connectivity index is 1.04. The summed E-state index contributed by atoms with van der Waals surface area (Å²) >= 11 is 0. The number of fused-ring (bicyclic) bond motifs is 1. The summed E-state index contributed by atoms with van der Waals surface area (Å²) in [5, 5.41) is 9.17. The maximum Gasteiger partial charge on any atom is 0.297 e. The molecule has 2 saturated heterocycles. The highest BCUT2D eigenvalue weighted by molar-refractivity contribution is 5.82. The first kappa shape index (κ1) is 26.6. The van der Waals surface area contributed by atoms with Gasteiger partial charge in [-0.3, -0.25) is 14.3 Å². The van der Waals surface area contributed by atoms with Crippen molar-refractivity contribution in [3.8, 4) is 5.69 Å². The molecule has 0 saturated carbocycles. The Morgan fingerprint density at radius 1 is 1.00 bits per heavy atom. The lowest BCUT2D eigenvalue weighted by molar-refractivity contribution is 0.110. The third-order valence-electron chi connectivity index (χ3n) is 8.02. The predicted octanol–water partition coefficient (Wildman–Crippen LogP) is 4.87. The van der Waals surface area contributed by atoms with Gasteiger partial charge in [-0.2, -0.15) is 0 Å². The van der Waals surface area contributed by atoms with Crippen LogP contribution in [-0.2, 0) is 17.8 Å². The summed E-state index contributed by atoms with van der Waals surface area (Å²) in [6.45, 7) is 4.74. The van der Waals surface area contributed by atoms with E-state index in [0.29, 0.717) is 30.2 Å². The maximum absolute atomic E-state index is 14.9. The molecule has 1 unspecified atom stereocenters. The second-order valence-electron chi connectivity index (χ2n) is 10.9. The Kier molecular flexibility index (Phi) is 8.18. The number of likely N-dealkylation sites (tertiary alicyclic amines) is 1. The van der Waals surface area contributed by atoms with E-state index in [9.17, 15) is 9.18 Å². The van der Waals surface area contributed by atoms with Crippen molar-refractivity contribution >= 4 is 16.6 Å². The van der Waals surface area contributed by atoms with Crippen LogP contribution in [0.25, 0.3) is 16.5 Å². The molecule has 1 atom stereocenters. The van der Waals surface area contributed by atoms with Gasteiger partial charge in [0.2, 0.25) is 0 Å². The first-order chi connectivity index (χ1) is 19.6. The molecule has 4 aromatic rings. The van der Waals surface area contributed by atoms with Crippen LogP contribution < -0.4 is 16.2 Å². The van der Waals surface area contributed by atoms with Crippen LogP contribution in [0, 0.1) is 5.82 Å². The highest BCUT2D eigenvalue weighted by atomic mass is 19.1. The minimum Gasteiger partial charge on any atom is -0.377 e. The standard InChI is InChI=1S/C32H36FN5O2/c33-30-19-28(10-9-26(30)20-34-21-29-6-3-17-40-29)38-16-13-35-31(32(38)39)36-27-11-14-37(15-12-27)22-23-7-8-24-4-1-2-5-25(24)18-23/h1-2,4-5,7-10,13,16,18-19,27,29,34H,3,6,11-12,14-15,17,20-22H2,(H,35,36). The smallest absolute Gasteiger partial charge is 0.297 e. The van der Waals surface area contributed by atoms with E-state index in [1.54, 1.807) is 24.5 Å². The number of aromatic nitrogens is 2. The number of benzene rings is 3. The van der Waals surface area contributed by atoms with Crippen molar-refractivity contribution in [2.75, 3.05) is 31.6 Å². The molecular weight excluding hydrogens is 505 g/mol. The van der Waals surface area contributed by atoms with Crippen LogP contribution in [0.1, 0.15) is 36.8 Å². The molecule has 2 N–H and O–H groups in total. The lowest BCUT2D eigenvalue weighted by Crippen LogP contribution is -2.40. The Bertz CT molecular complexity index is 1510. The summed E-state index contributed by atoms with van der Waals surface area (Å²) in [5.74, 6) is -0.0347. The van der Waals surface area contributed by atoms with Gasteiger partial charge in [0.05, 0.1) is 11.8 Å². The summed E-state index contributed by atoms with van der Waals surface area (Å²) in [6, 6.07) is 20.2. The molecule has 0 aliphatic carbocycles. The van der Waals surface area contributed by atoms with Crippen LogP contribution >= 0.6 is 0 Å². The van der Waals surface area contributed by atoms with Gasteiger partial charge in [0.25, 0.3) is 5.56 Å². The molecular formula is C32H36FN5O2. The lowest BCUT2D eigenvalue weighted by Gasteiger charge is -2.32. The fourth-order valence-corrected chi connectivity index (χ4v) is 5.74. The van der Waals surface area contributed by atoms with Gasteiger partial charge < -0.3 is 15.4 Å². The van der Waals surface area contributed by atoms with E-state index in [4.69, 9.17) is 4.74 Å². The fourth-order valence-electron chi connectivity index (χ4n) is 5.74. The van der Waals surface area contributed by atoms with Crippen molar-refractivity contribution < 1.29 is 9.13 Å². The highest BCUT2D eigenvalue weighted by Crippen LogP contribution is 2.20. The van der Waals surface area contributed by atoms with Crippen LogP contribution in [0.4, 0.5) is 10.2 Å². The Morgan fingerprint density at radius 3 is 2.65 bits per heavy atom. The van der Waals surface area contributed by atoms with Gasteiger partial charge in [0.15, 0.2) is 5.82 Å². The second kappa shape index (κ2) is 12.3. The van der Waals surface area contributed by atoms with Crippen LogP contribution in [0.3, 0.4) is 0 Å². The van der Waals surface area contributed by atoms with Crippen molar-refractivity contribution in [3.05, 3.63) is 100 Å². The number of rotatable bonds is 9. The molecule has 3 heterocycles. The normalized spacial score (nSPS) is 18.4. The first-order valence-electron chi connectivity index (χ1n) is 14.3. The third kappa shape index (κ3) is 6.25. The number of hydrogen-bond donors (Lipinski definition) is 2. The maximum atomic E-state index is 14.9. The average Bonchev–Trinajstić information content (AvgIpc) is 3.50. The van der Waals surface area contributed by atoms with Gasteiger partial charge in [-0.15, -0.1) is 0 Å². The lowest BCUT2D eigenvalue weighted by atomic mass is 10.0. The van der Waals surface area contributed by atoms with E-state index in [0.717, 1.165) is 51.9 Å². The van der Waals surface area contributed by atoms with Crippen LogP contribution in [0.15, 0.2) is 77.9 Å². The third-order valence-corrected chi connectivity index (χ3v) is 8.02. The largest absolute Gasteiger partial charge is 0.377 e. The number of ether oxygens (including phenoxy) is 1. The molecule has 0 radical (unpaired) electrons. The minimum atomic E-state index is -0.339. The Labute approximate surface area is 234 Å². The molecule has 0 amide bonds. The summed E-state index contributed by atoms with van der Waals surface area (Å²) in [5.41, 5.74) is 2.10. The highest BCUT2D eigenvalue weighted by Gasteiger charge is 2.21. The zero-order valence-electron chi connectivity index (χ0n) is 22.7. The number of piperidine rings is 1. The van der Waals surface area contributed by atoms with Gasteiger partial charge in [-0.05, 0) is 60.2 Å². The molecule has 40 heavy (non-hydrogen) atoms. The predicted molar refractivity (Wildman–Crippen MR) is 156 cm³/mol. The molecule has 6 rings (SSSR count). The number of nitrogens with one attached hydrogen (secondary N) is 2. The first-order valence-corrected chi connectivity index (χ1v) is 14.3. The van der Waals surface area contributed by atoms with Crippen molar-refractivity contribution in [1.82, 2.24) is 19.8 Å². The SMILES string of the molecule is O=c1c(NC2CCN(Cc3ccc4ccccc4c3)CC2)nccn1-c1ccc(CNCC2CCCO2)c(F)c1. The molecule has 2 fully saturated rings. The zero-order valence-corrected chi connectivity index (χ0v) is 22.7. The number of halogens is 1. The van der Waals surface area contributed by atoms with Crippen molar-refractivity contribution in [2.45, 2.75) is 50.9 Å². The van der Waals surface area contributed by atoms with Crippen LogP contribution in [-0.4, -0.2) is 52.8 Å². The monoisotopic (exact) mass is 541 g/mol. The van der Waals surface area contributed by atoms with E-state index in [-0.39, 0.29) is 23.5 Å². The minimum absolute atomic E-state index is 0.165. The molecule has 2 aliphatic rings. The summed E-state index contributed by atoms with van der Waals surface area (Å²) in [7, 11) is 0. The van der Waals surface area contributed by atoms with Gasteiger partial charge in [-0.25, -0.2) is 9.37 Å². The van der Waals surface area contributed by atoms with Crippen LogP contribution in [0.2, 0.25) is 0 Å². The van der Waals surface area contributed by atoms with E-state index in [1.165, 1.54) is 27.0 Å². The molecule has 2 aliphatic heterocycles. The van der Waals surface area contributed by atoms with E-state index in [2.05, 4.69) is 63.0 Å². The topological polar surface area (TPSA) is 71.4 Å². The summed E-state index contributed by atoms with van der Waals surface area (Å²) < 4.78 is 22.0. The molecule has 0 bridgehead atoms. The Hall–Kier alpha value is -3.59. The average molecular weight is 542 g/mol. The molecule has 0 spiro atoms. The fraction of sp³-hybridized carbons (Fsp3) is 0.375.